The SMILES string of the molecule is C.CC(C)(C)OC(=O)c1ccc(C(=O)C2CCOS2(=O)=O)cc1.CC(C)(C)OC(=O)c1ccc(C(=O)CCCF)cc1.O=S(=O)=O. The second-order valence-corrected chi connectivity index (χ2v) is 13.7. The lowest BCUT2D eigenvalue weighted by Gasteiger charge is -2.19. The molecule has 0 bridgehead atoms. The molecule has 0 aliphatic carbocycles. The van der Waals surface area contributed by atoms with Crippen molar-refractivity contribution in [1.82, 2.24) is 0 Å². The molecule has 256 valence electrons. The molecule has 2 aromatic rings. The molecule has 12 nitrogen and oxygen atoms in total. The fraction of sp³-hybridized carbons (Fsp3) is 0.484. The van der Waals surface area contributed by atoms with Crippen LogP contribution in [0.15, 0.2) is 48.5 Å². The molecule has 1 heterocycles. The first-order valence-electron chi connectivity index (χ1n) is 13.6. The van der Waals surface area contributed by atoms with Crippen LogP contribution in [-0.4, -0.2) is 74.3 Å². The second-order valence-electron chi connectivity index (χ2n) is 11.5. The summed E-state index contributed by atoms with van der Waals surface area (Å²) < 4.78 is 75.5. The molecule has 0 saturated carbocycles. The summed E-state index contributed by atoms with van der Waals surface area (Å²) in [4.78, 5) is 47.5. The Kier molecular flexibility index (Phi) is 16.8. The molecule has 1 atom stereocenters. The van der Waals surface area contributed by atoms with E-state index in [1.54, 1.807) is 65.8 Å². The zero-order chi connectivity index (χ0) is 34.6. The average Bonchev–Trinajstić information content (AvgIpc) is 3.28. The van der Waals surface area contributed by atoms with Gasteiger partial charge < -0.3 is 9.47 Å². The van der Waals surface area contributed by atoms with Crippen LogP contribution in [0.5, 0.6) is 0 Å². The van der Waals surface area contributed by atoms with Crippen LogP contribution in [-0.2, 0) is 34.4 Å². The largest absolute Gasteiger partial charge is 0.456 e. The van der Waals surface area contributed by atoms with Crippen molar-refractivity contribution in [2.24, 2.45) is 0 Å². The maximum absolute atomic E-state index is 12.2. The third kappa shape index (κ3) is 15.5. The van der Waals surface area contributed by atoms with Crippen LogP contribution in [0.3, 0.4) is 0 Å². The van der Waals surface area contributed by atoms with E-state index >= 15 is 0 Å². The summed E-state index contributed by atoms with van der Waals surface area (Å²) in [6.45, 7) is 10.2. The van der Waals surface area contributed by atoms with Gasteiger partial charge in [-0.1, -0.05) is 31.7 Å². The number of ketones is 2. The van der Waals surface area contributed by atoms with E-state index in [9.17, 15) is 32.0 Å². The number of hydrogen-bond donors (Lipinski definition) is 0. The molecule has 0 amide bonds. The van der Waals surface area contributed by atoms with E-state index in [1.807, 2.05) is 0 Å². The molecular weight excluding hydrogens is 647 g/mol. The fourth-order valence-corrected chi connectivity index (χ4v) is 4.83. The van der Waals surface area contributed by atoms with Crippen LogP contribution in [0.25, 0.3) is 0 Å². The summed E-state index contributed by atoms with van der Waals surface area (Å²) in [5.74, 6) is -1.56. The number of carbonyl (C=O) groups is 4. The summed E-state index contributed by atoms with van der Waals surface area (Å²) in [6, 6.07) is 12.0. The number of ether oxygens (including phenoxy) is 2. The van der Waals surface area contributed by atoms with Gasteiger partial charge in [0.2, 0.25) is 0 Å². The lowest BCUT2D eigenvalue weighted by Crippen LogP contribution is -2.26. The molecule has 1 aliphatic rings. The zero-order valence-electron chi connectivity index (χ0n) is 25.8. The summed E-state index contributed by atoms with van der Waals surface area (Å²) >= 11 is 0. The Balaban J connectivity index is 0.000000780. The van der Waals surface area contributed by atoms with Gasteiger partial charge in [-0.25, -0.2) is 9.59 Å². The highest BCUT2D eigenvalue weighted by molar-refractivity contribution is 7.88. The Morgan fingerprint density at radius 3 is 1.48 bits per heavy atom. The number of Topliss-reactive ketones (excluding diaryl/α,β-unsaturated/α-hetero) is 2. The molecule has 1 fully saturated rings. The normalized spacial score (nSPS) is 15.0. The Morgan fingerprint density at radius 2 is 1.15 bits per heavy atom. The first kappa shape index (κ1) is 42.2. The predicted molar refractivity (Wildman–Crippen MR) is 167 cm³/mol. The summed E-state index contributed by atoms with van der Waals surface area (Å²) in [7, 11) is -6.94. The van der Waals surface area contributed by atoms with Crippen molar-refractivity contribution >= 4 is 44.2 Å². The lowest BCUT2D eigenvalue weighted by atomic mass is 10.0. The van der Waals surface area contributed by atoms with E-state index in [4.69, 9.17) is 22.1 Å². The van der Waals surface area contributed by atoms with E-state index in [0.29, 0.717) is 16.7 Å². The first-order chi connectivity index (χ1) is 20.7. The van der Waals surface area contributed by atoms with Gasteiger partial charge >= 0.3 is 22.5 Å². The molecule has 0 aromatic heterocycles. The number of benzene rings is 2. The van der Waals surface area contributed by atoms with Crippen LogP contribution < -0.4 is 0 Å². The molecule has 3 rings (SSSR count). The number of halogens is 1. The number of rotatable bonds is 8. The fourth-order valence-electron chi connectivity index (χ4n) is 3.55. The van der Waals surface area contributed by atoms with Crippen molar-refractivity contribution in [1.29, 1.82) is 0 Å². The van der Waals surface area contributed by atoms with E-state index < -0.39 is 61.6 Å². The lowest BCUT2D eigenvalue weighted by molar-refractivity contribution is 0.00570. The third-order valence-corrected chi connectivity index (χ3v) is 7.09. The van der Waals surface area contributed by atoms with Gasteiger partial charge in [0.25, 0.3) is 10.1 Å². The quantitative estimate of drug-likeness (QED) is 0.202. The molecule has 15 heteroatoms. The minimum absolute atomic E-state index is 0. The number of carbonyl (C=O) groups excluding carboxylic acids is 4. The minimum Gasteiger partial charge on any atom is -0.456 e. The Bertz CT molecular complexity index is 1550. The van der Waals surface area contributed by atoms with Gasteiger partial charge in [0, 0.05) is 17.5 Å². The van der Waals surface area contributed by atoms with Crippen molar-refractivity contribution in [3.63, 3.8) is 0 Å². The smallest absolute Gasteiger partial charge is 0.425 e. The van der Waals surface area contributed by atoms with Gasteiger partial charge in [0.15, 0.2) is 16.8 Å². The Morgan fingerprint density at radius 1 is 0.783 bits per heavy atom. The van der Waals surface area contributed by atoms with Gasteiger partial charge in [-0.2, -0.15) is 8.42 Å². The molecule has 1 unspecified atom stereocenters. The van der Waals surface area contributed by atoms with Gasteiger partial charge in [0.05, 0.1) is 24.4 Å². The van der Waals surface area contributed by atoms with Crippen LogP contribution in [0.1, 0.15) is 110 Å². The minimum atomic E-state index is -3.83. The highest BCUT2D eigenvalue weighted by Gasteiger charge is 2.39. The van der Waals surface area contributed by atoms with Crippen LogP contribution in [0, 0.1) is 0 Å². The monoisotopic (exact) mass is 688 g/mol. The van der Waals surface area contributed by atoms with Gasteiger partial charge in [-0.05, 0) is 78.6 Å². The standard InChI is InChI=1S/C15H19FO3.C15H18O6S.CH4.O3S/c1-15(2,3)19-14(18)12-8-6-11(7-9-12)13(17)5-4-10-16;1-15(2,3)21-14(17)11-6-4-10(5-7-11)13(16)12-8-9-20-22(12,18)19;;1-4(2)3/h6-9H,4-5,10H2,1-3H3;4-7,12H,8-9H2,1-3H3;1H4;. The van der Waals surface area contributed by atoms with Crippen molar-refractivity contribution in [3.8, 4) is 0 Å². The number of hydrogen-bond acceptors (Lipinski definition) is 12. The predicted octanol–water partition coefficient (Wildman–Crippen LogP) is 5.15. The van der Waals surface area contributed by atoms with Crippen molar-refractivity contribution in [2.75, 3.05) is 13.3 Å². The second kappa shape index (κ2) is 18.4. The molecule has 0 N–H and O–H groups in total. The zero-order valence-corrected chi connectivity index (χ0v) is 27.5. The van der Waals surface area contributed by atoms with Crippen molar-refractivity contribution in [3.05, 3.63) is 70.8 Å². The van der Waals surface area contributed by atoms with Gasteiger partial charge in [-0.15, -0.1) is 12.6 Å². The molecular formula is C31H41FO12S2. The molecule has 1 saturated heterocycles. The van der Waals surface area contributed by atoms with Crippen molar-refractivity contribution < 1.29 is 58.3 Å². The van der Waals surface area contributed by atoms with E-state index in [-0.39, 0.29) is 44.6 Å². The highest BCUT2D eigenvalue weighted by Crippen LogP contribution is 2.22. The van der Waals surface area contributed by atoms with E-state index in [1.165, 1.54) is 24.3 Å². The third-order valence-electron chi connectivity index (χ3n) is 5.45. The van der Waals surface area contributed by atoms with Crippen LogP contribution >= 0.6 is 0 Å². The molecule has 0 spiro atoms. The molecule has 2 aromatic carbocycles. The number of alkyl halides is 1. The van der Waals surface area contributed by atoms with Crippen LogP contribution in [0.2, 0.25) is 0 Å². The average molecular weight is 689 g/mol. The Labute approximate surface area is 270 Å². The highest BCUT2D eigenvalue weighted by atomic mass is 32.2. The maximum atomic E-state index is 12.2. The first-order valence-corrected chi connectivity index (χ1v) is 16.1. The van der Waals surface area contributed by atoms with Crippen molar-refractivity contribution in [2.45, 2.75) is 84.7 Å². The van der Waals surface area contributed by atoms with Gasteiger partial charge in [0.1, 0.15) is 11.2 Å². The number of esters is 2. The molecule has 46 heavy (non-hydrogen) atoms. The van der Waals surface area contributed by atoms with E-state index in [2.05, 4.69) is 4.18 Å². The topological polar surface area (TPSA) is 181 Å². The van der Waals surface area contributed by atoms with Gasteiger partial charge in [-0.3, -0.25) is 18.2 Å². The molecule has 1 aliphatic heterocycles. The Hall–Kier alpha value is -3.82. The maximum Gasteiger partial charge on any atom is 0.425 e. The molecule has 0 radical (unpaired) electrons. The summed E-state index contributed by atoms with van der Waals surface area (Å²) in [5.41, 5.74) is 0.259. The van der Waals surface area contributed by atoms with Crippen LogP contribution in [0.4, 0.5) is 4.39 Å². The summed E-state index contributed by atoms with van der Waals surface area (Å²) in [6.07, 6.45) is 0.559. The van der Waals surface area contributed by atoms with E-state index in [0.717, 1.165) is 0 Å². The summed E-state index contributed by atoms with van der Waals surface area (Å²) in [5, 5.41) is -1.17.